The van der Waals surface area contributed by atoms with E-state index in [1.807, 2.05) is 31.2 Å². The summed E-state index contributed by atoms with van der Waals surface area (Å²) in [5, 5.41) is 12.8. The predicted molar refractivity (Wildman–Crippen MR) is 79.3 cm³/mol. The van der Waals surface area contributed by atoms with E-state index in [0.29, 0.717) is 0 Å². The summed E-state index contributed by atoms with van der Waals surface area (Å²) >= 11 is 1.72. The lowest BCUT2D eigenvalue weighted by atomic mass is 9.95. The number of aryl methyl sites for hydroxylation is 1. The van der Waals surface area contributed by atoms with Gasteiger partial charge in [0.25, 0.3) is 0 Å². The topological polar surface area (TPSA) is 49.3 Å². The van der Waals surface area contributed by atoms with Gasteiger partial charge in [0.05, 0.1) is 10.6 Å². The molecule has 0 aliphatic carbocycles. The molecule has 1 saturated heterocycles. The van der Waals surface area contributed by atoms with Crippen LogP contribution < -0.4 is 5.32 Å². The van der Waals surface area contributed by atoms with Crippen LogP contribution in [-0.2, 0) is 4.79 Å². The van der Waals surface area contributed by atoms with Crippen LogP contribution in [0.15, 0.2) is 24.3 Å². The number of carboxylic acid groups (broad SMARTS) is 1. The van der Waals surface area contributed by atoms with Crippen LogP contribution in [0.1, 0.15) is 37.1 Å². The molecule has 2 rings (SSSR count). The maximum atomic E-state index is 11.4. The molecule has 2 N–H and O–H groups in total. The van der Waals surface area contributed by atoms with Gasteiger partial charge in [-0.05, 0) is 17.9 Å². The third kappa shape index (κ3) is 3.12. The Balaban J connectivity index is 2.27. The van der Waals surface area contributed by atoms with Crippen LogP contribution in [0, 0.1) is 12.3 Å². The lowest BCUT2D eigenvalue weighted by Gasteiger charge is -2.26. The first-order valence-corrected chi connectivity index (χ1v) is 7.44. The van der Waals surface area contributed by atoms with Gasteiger partial charge in [0.15, 0.2) is 0 Å². The number of hydrogen-bond donors (Lipinski definition) is 2. The molecule has 0 aromatic heterocycles. The first-order valence-electron chi connectivity index (χ1n) is 6.50. The number of thioether (sulfide) groups is 1. The summed E-state index contributed by atoms with van der Waals surface area (Å²) in [6.07, 6.45) is 0. The molecule has 104 valence electrons. The summed E-state index contributed by atoms with van der Waals surface area (Å²) in [6, 6.07) is 7.64. The molecule has 0 bridgehead atoms. The lowest BCUT2D eigenvalue weighted by Crippen LogP contribution is -2.42. The van der Waals surface area contributed by atoms with Crippen molar-refractivity contribution in [1.29, 1.82) is 0 Å². The second-order valence-corrected chi connectivity index (χ2v) is 7.45. The maximum absolute atomic E-state index is 11.4. The highest BCUT2D eigenvalue weighted by atomic mass is 32.2. The van der Waals surface area contributed by atoms with E-state index in [0.717, 1.165) is 5.56 Å². The van der Waals surface area contributed by atoms with Crippen LogP contribution in [0.4, 0.5) is 0 Å². The summed E-state index contributed by atoms with van der Waals surface area (Å²) in [5.41, 5.74) is 2.32. The van der Waals surface area contributed by atoms with Gasteiger partial charge >= 0.3 is 5.97 Å². The number of carbonyl (C=O) groups is 1. The molecular weight excluding hydrogens is 258 g/mol. The van der Waals surface area contributed by atoms with Crippen LogP contribution in [0.2, 0.25) is 0 Å². The Labute approximate surface area is 118 Å². The second kappa shape index (κ2) is 5.17. The Morgan fingerprint density at radius 2 is 1.84 bits per heavy atom. The number of carboxylic acids is 1. The molecule has 0 radical (unpaired) electrons. The number of benzene rings is 1. The molecule has 1 aliphatic heterocycles. The zero-order valence-corrected chi connectivity index (χ0v) is 12.6. The van der Waals surface area contributed by atoms with Gasteiger partial charge < -0.3 is 5.11 Å². The molecule has 4 heteroatoms. The van der Waals surface area contributed by atoms with Crippen LogP contribution in [0.25, 0.3) is 0 Å². The van der Waals surface area contributed by atoms with Gasteiger partial charge in [-0.15, -0.1) is 11.8 Å². The first kappa shape index (κ1) is 14.4. The maximum Gasteiger partial charge on any atom is 0.322 e. The van der Waals surface area contributed by atoms with Gasteiger partial charge in [0.1, 0.15) is 6.04 Å². The Hall–Kier alpha value is -1.00. The van der Waals surface area contributed by atoms with Crippen molar-refractivity contribution in [2.24, 2.45) is 5.41 Å². The highest BCUT2D eigenvalue weighted by molar-refractivity contribution is 8.00. The van der Waals surface area contributed by atoms with Crippen LogP contribution >= 0.6 is 11.8 Å². The second-order valence-electron chi connectivity index (χ2n) is 6.20. The Bertz CT molecular complexity index is 464. The molecule has 19 heavy (non-hydrogen) atoms. The van der Waals surface area contributed by atoms with E-state index >= 15 is 0 Å². The monoisotopic (exact) mass is 279 g/mol. The van der Waals surface area contributed by atoms with Crippen molar-refractivity contribution in [1.82, 2.24) is 5.32 Å². The van der Waals surface area contributed by atoms with Gasteiger partial charge in [-0.3, -0.25) is 10.1 Å². The molecule has 1 fully saturated rings. The van der Waals surface area contributed by atoms with E-state index in [-0.39, 0.29) is 16.0 Å². The van der Waals surface area contributed by atoms with Gasteiger partial charge in [0, 0.05) is 0 Å². The highest BCUT2D eigenvalue weighted by Crippen LogP contribution is 2.46. The fraction of sp³-hybridized carbons (Fsp3) is 0.533. The first-order chi connectivity index (χ1) is 8.79. The number of hydrogen-bond acceptors (Lipinski definition) is 3. The van der Waals surface area contributed by atoms with Crippen molar-refractivity contribution in [3.63, 3.8) is 0 Å². The Morgan fingerprint density at radius 1 is 1.26 bits per heavy atom. The fourth-order valence-corrected chi connectivity index (χ4v) is 3.79. The quantitative estimate of drug-likeness (QED) is 0.873. The standard InChI is InChI=1S/C15H21NO2S/c1-9-5-7-10(8-6-9)12-11(13(17)18)16-14(19-12)15(2,3)4/h5-8,11-12,14,16H,1-4H3,(H,17,18)/t11-,12+,14?/m0/s1. The van der Waals surface area contributed by atoms with E-state index in [4.69, 9.17) is 0 Å². The zero-order valence-electron chi connectivity index (χ0n) is 11.8. The molecule has 1 aliphatic rings. The van der Waals surface area contributed by atoms with Crippen molar-refractivity contribution >= 4 is 17.7 Å². The van der Waals surface area contributed by atoms with Crippen molar-refractivity contribution in [2.75, 3.05) is 0 Å². The normalized spacial score (nSPS) is 27.5. The highest BCUT2D eigenvalue weighted by Gasteiger charge is 2.43. The third-order valence-electron chi connectivity index (χ3n) is 3.37. The minimum absolute atomic E-state index is 0.0256. The fourth-order valence-electron chi connectivity index (χ4n) is 2.20. The van der Waals surface area contributed by atoms with E-state index in [2.05, 4.69) is 26.1 Å². The van der Waals surface area contributed by atoms with Gasteiger partial charge in [-0.1, -0.05) is 50.6 Å². The molecule has 3 nitrogen and oxygen atoms in total. The third-order valence-corrected chi connectivity index (χ3v) is 5.33. The molecule has 1 aromatic rings. The molecule has 0 saturated carbocycles. The smallest absolute Gasteiger partial charge is 0.322 e. The molecule has 0 amide bonds. The Kier molecular flexibility index (Phi) is 3.92. The summed E-state index contributed by atoms with van der Waals surface area (Å²) in [4.78, 5) is 11.4. The van der Waals surface area contributed by atoms with Crippen molar-refractivity contribution < 1.29 is 9.90 Å². The summed E-state index contributed by atoms with van der Waals surface area (Å²) < 4.78 is 0. The lowest BCUT2D eigenvalue weighted by molar-refractivity contribution is -0.139. The zero-order chi connectivity index (χ0) is 14.2. The number of nitrogens with one attached hydrogen (secondary N) is 1. The average Bonchev–Trinajstić information content (AvgIpc) is 2.74. The predicted octanol–water partition coefficient (Wildman–Crippen LogP) is 3.20. The van der Waals surface area contributed by atoms with Gasteiger partial charge in [0.2, 0.25) is 0 Å². The average molecular weight is 279 g/mol. The summed E-state index contributed by atoms with van der Waals surface area (Å²) in [7, 11) is 0. The van der Waals surface area contributed by atoms with E-state index in [9.17, 15) is 9.90 Å². The Morgan fingerprint density at radius 3 is 2.32 bits per heavy atom. The summed E-state index contributed by atoms with van der Waals surface area (Å²) in [6.45, 7) is 8.44. The molecule has 1 aromatic carbocycles. The van der Waals surface area contributed by atoms with E-state index in [1.54, 1.807) is 11.8 Å². The van der Waals surface area contributed by atoms with Crippen LogP contribution in [-0.4, -0.2) is 22.5 Å². The van der Waals surface area contributed by atoms with E-state index in [1.165, 1.54) is 5.56 Å². The van der Waals surface area contributed by atoms with E-state index < -0.39 is 12.0 Å². The van der Waals surface area contributed by atoms with Crippen LogP contribution in [0.5, 0.6) is 0 Å². The van der Waals surface area contributed by atoms with Gasteiger partial charge in [-0.2, -0.15) is 0 Å². The largest absolute Gasteiger partial charge is 0.480 e. The molecule has 1 unspecified atom stereocenters. The van der Waals surface area contributed by atoms with Crippen molar-refractivity contribution in [2.45, 2.75) is 44.4 Å². The van der Waals surface area contributed by atoms with Crippen molar-refractivity contribution in [3.05, 3.63) is 35.4 Å². The molecule has 1 heterocycles. The SMILES string of the molecule is Cc1ccc([C@H]2SC(C(C)(C)C)N[C@@H]2C(=O)O)cc1. The summed E-state index contributed by atoms with van der Waals surface area (Å²) in [5.74, 6) is -0.773. The molecular formula is C15H21NO2S. The number of rotatable bonds is 2. The minimum atomic E-state index is -0.773. The van der Waals surface area contributed by atoms with Crippen LogP contribution in [0.3, 0.4) is 0 Å². The van der Waals surface area contributed by atoms with Crippen molar-refractivity contribution in [3.8, 4) is 0 Å². The molecule has 3 atom stereocenters. The van der Waals surface area contributed by atoms with Gasteiger partial charge in [-0.25, -0.2) is 0 Å². The molecule has 0 spiro atoms. The minimum Gasteiger partial charge on any atom is -0.480 e. The number of aliphatic carboxylic acids is 1.